The van der Waals surface area contributed by atoms with Crippen molar-refractivity contribution in [3.8, 4) is 0 Å². The number of aryl methyl sites for hydroxylation is 1. The van der Waals surface area contributed by atoms with E-state index in [9.17, 15) is 0 Å². The van der Waals surface area contributed by atoms with Gasteiger partial charge in [0.15, 0.2) is 0 Å². The summed E-state index contributed by atoms with van der Waals surface area (Å²) < 4.78 is 1.01. The zero-order valence-corrected chi connectivity index (χ0v) is 10.5. The van der Waals surface area contributed by atoms with Crippen LogP contribution in [0.2, 0.25) is 0 Å². The molecule has 1 aliphatic carbocycles. The SMILES string of the molecule is Cc1cnc(NCC2(N)CCC2)c(Br)c1. The molecule has 4 heteroatoms. The molecule has 0 spiro atoms. The third-order valence-electron chi connectivity index (χ3n) is 2.94. The quantitative estimate of drug-likeness (QED) is 0.887. The van der Waals surface area contributed by atoms with Crippen molar-refractivity contribution in [3.63, 3.8) is 0 Å². The van der Waals surface area contributed by atoms with Gasteiger partial charge in [-0.15, -0.1) is 0 Å². The van der Waals surface area contributed by atoms with Gasteiger partial charge in [-0.1, -0.05) is 0 Å². The molecule has 0 unspecified atom stereocenters. The van der Waals surface area contributed by atoms with Gasteiger partial charge < -0.3 is 11.1 Å². The van der Waals surface area contributed by atoms with Crippen LogP contribution in [0.3, 0.4) is 0 Å². The Balaban J connectivity index is 1.98. The lowest BCUT2D eigenvalue weighted by Gasteiger charge is -2.38. The highest BCUT2D eigenvalue weighted by atomic mass is 79.9. The van der Waals surface area contributed by atoms with Gasteiger partial charge >= 0.3 is 0 Å². The van der Waals surface area contributed by atoms with Gasteiger partial charge in [0, 0.05) is 18.3 Å². The van der Waals surface area contributed by atoms with Gasteiger partial charge in [-0.05, 0) is 53.7 Å². The minimum absolute atomic E-state index is 0.00793. The number of pyridine rings is 1. The van der Waals surface area contributed by atoms with Gasteiger partial charge in [0.2, 0.25) is 0 Å². The van der Waals surface area contributed by atoms with E-state index in [4.69, 9.17) is 5.73 Å². The first-order chi connectivity index (χ1) is 7.09. The molecular weight excluding hydrogens is 254 g/mol. The topological polar surface area (TPSA) is 50.9 Å². The van der Waals surface area contributed by atoms with Crippen LogP contribution in [-0.2, 0) is 0 Å². The summed E-state index contributed by atoms with van der Waals surface area (Å²) >= 11 is 3.49. The first kappa shape index (κ1) is 10.9. The van der Waals surface area contributed by atoms with Crippen LogP contribution in [0.4, 0.5) is 5.82 Å². The van der Waals surface area contributed by atoms with Crippen LogP contribution in [0.1, 0.15) is 24.8 Å². The molecule has 0 saturated heterocycles. The van der Waals surface area contributed by atoms with Crippen LogP contribution < -0.4 is 11.1 Å². The number of hydrogen-bond acceptors (Lipinski definition) is 3. The summed E-state index contributed by atoms with van der Waals surface area (Å²) in [5.41, 5.74) is 7.27. The van der Waals surface area contributed by atoms with Crippen LogP contribution in [0.5, 0.6) is 0 Å². The molecular formula is C11H16BrN3. The van der Waals surface area contributed by atoms with Crippen molar-refractivity contribution in [2.24, 2.45) is 5.73 Å². The van der Waals surface area contributed by atoms with E-state index < -0.39 is 0 Å². The first-order valence-corrected chi connectivity index (χ1v) is 6.03. The number of nitrogens with two attached hydrogens (primary N) is 1. The normalized spacial score (nSPS) is 18.3. The van der Waals surface area contributed by atoms with Crippen molar-refractivity contribution in [1.82, 2.24) is 4.98 Å². The van der Waals surface area contributed by atoms with Gasteiger partial charge in [-0.25, -0.2) is 4.98 Å². The van der Waals surface area contributed by atoms with E-state index in [0.29, 0.717) is 0 Å². The summed E-state index contributed by atoms with van der Waals surface area (Å²) in [5, 5.41) is 3.30. The molecule has 1 aromatic heterocycles. The molecule has 82 valence electrons. The molecule has 0 aliphatic heterocycles. The average Bonchev–Trinajstić information content (AvgIpc) is 2.14. The lowest BCUT2D eigenvalue weighted by molar-refractivity contribution is 0.265. The molecule has 0 atom stereocenters. The van der Waals surface area contributed by atoms with Gasteiger partial charge in [0.25, 0.3) is 0 Å². The Morgan fingerprint density at radius 3 is 2.87 bits per heavy atom. The maximum Gasteiger partial charge on any atom is 0.140 e. The zero-order valence-electron chi connectivity index (χ0n) is 8.89. The minimum Gasteiger partial charge on any atom is -0.367 e. The van der Waals surface area contributed by atoms with E-state index >= 15 is 0 Å². The number of nitrogens with one attached hydrogen (secondary N) is 1. The fourth-order valence-corrected chi connectivity index (χ4v) is 2.33. The van der Waals surface area contributed by atoms with Crippen molar-refractivity contribution in [2.75, 3.05) is 11.9 Å². The predicted octanol–water partition coefficient (Wildman–Crippen LogP) is 2.45. The Kier molecular flexibility index (Phi) is 2.98. The first-order valence-electron chi connectivity index (χ1n) is 5.24. The number of hydrogen-bond donors (Lipinski definition) is 2. The largest absolute Gasteiger partial charge is 0.367 e. The molecule has 0 aromatic carbocycles. The summed E-state index contributed by atoms with van der Waals surface area (Å²) in [5.74, 6) is 0.886. The summed E-state index contributed by atoms with van der Waals surface area (Å²) in [6, 6.07) is 2.05. The highest BCUT2D eigenvalue weighted by molar-refractivity contribution is 9.10. The lowest BCUT2D eigenvalue weighted by Crippen LogP contribution is -2.52. The minimum atomic E-state index is -0.00793. The second-order valence-electron chi connectivity index (χ2n) is 4.41. The second kappa shape index (κ2) is 4.10. The molecule has 1 saturated carbocycles. The Hall–Kier alpha value is -0.610. The molecule has 15 heavy (non-hydrogen) atoms. The fourth-order valence-electron chi connectivity index (χ4n) is 1.73. The summed E-state index contributed by atoms with van der Waals surface area (Å²) in [6.07, 6.45) is 5.34. The van der Waals surface area contributed by atoms with Crippen LogP contribution >= 0.6 is 15.9 Å². The Labute approximate surface area is 98.6 Å². The van der Waals surface area contributed by atoms with E-state index in [2.05, 4.69) is 32.3 Å². The smallest absolute Gasteiger partial charge is 0.140 e. The van der Waals surface area contributed by atoms with E-state index in [0.717, 1.165) is 35.2 Å². The van der Waals surface area contributed by atoms with Crippen molar-refractivity contribution in [1.29, 1.82) is 0 Å². The van der Waals surface area contributed by atoms with Crippen molar-refractivity contribution < 1.29 is 0 Å². The van der Waals surface area contributed by atoms with E-state index in [-0.39, 0.29) is 5.54 Å². The average molecular weight is 270 g/mol. The standard InChI is InChI=1S/C11H16BrN3/c1-8-5-9(12)10(14-6-8)15-7-11(13)3-2-4-11/h5-6H,2-4,7,13H2,1H3,(H,14,15). The second-order valence-corrected chi connectivity index (χ2v) is 5.27. The van der Waals surface area contributed by atoms with Crippen LogP contribution in [-0.4, -0.2) is 17.1 Å². The van der Waals surface area contributed by atoms with Crippen molar-refractivity contribution in [3.05, 3.63) is 22.3 Å². The molecule has 0 amide bonds. The molecule has 1 aromatic rings. The lowest BCUT2D eigenvalue weighted by atomic mass is 9.78. The van der Waals surface area contributed by atoms with Crippen molar-refractivity contribution >= 4 is 21.7 Å². The molecule has 0 bridgehead atoms. The highest BCUT2D eigenvalue weighted by Gasteiger charge is 2.32. The maximum atomic E-state index is 6.13. The fraction of sp³-hybridized carbons (Fsp3) is 0.545. The molecule has 1 heterocycles. The molecule has 3 nitrogen and oxygen atoms in total. The molecule has 0 radical (unpaired) electrons. The third kappa shape index (κ3) is 2.49. The summed E-state index contributed by atoms with van der Waals surface area (Å²) in [6.45, 7) is 2.83. The van der Waals surface area contributed by atoms with Crippen LogP contribution in [0, 0.1) is 6.92 Å². The Bertz CT molecular complexity index is 361. The van der Waals surface area contributed by atoms with E-state index in [1.807, 2.05) is 13.1 Å². The van der Waals surface area contributed by atoms with Gasteiger partial charge in [-0.3, -0.25) is 0 Å². The number of aromatic nitrogens is 1. The zero-order chi connectivity index (χ0) is 10.9. The molecule has 1 aliphatic rings. The van der Waals surface area contributed by atoms with Crippen LogP contribution in [0.25, 0.3) is 0 Å². The summed E-state index contributed by atoms with van der Waals surface area (Å²) in [7, 11) is 0. The molecule has 2 rings (SSSR count). The monoisotopic (exact) mass is 269 g/mol. The molecule has 1 fully saturated rings. The number of anilines is 1. The maximum absolute atomic E-state index is 6.13. The number of nitrogens with zero attached hydrogens (tertiary/aromatic N) is 1. The van der Waals surface area contributed by atoms with Crippen molar-refractivity contribution in [2.45, 2.75) is 31.7 Å². The molecule has 3 N–H and O–H groups in total. The van der Waals surface area contributed by atoms with E-state index in [1.165, 1.54) is 6.42 Å². The Morgan fingerprint density at radius 1 is 1.60 bits per heavy atom. The van der Waals surface area contributed by atoms with Crippen LogP contribution in [0.15, 0.2) is 16.7 Å². The number of halogens is 1. The third-order valence-corrected chi connectivity index (χ3v) is 3.54. The van der Waals surface area contributed by atoms with E-state index in [1.54, 1.807) is 0 Å². The van der Waals surface area contributed by atoms with Gasteiger partial charge in [-0.2, -0.15) is 0 Å². The predicted molar refractivity (Wildman–Crippen MR) is 65.9 cm³/mol. The van der Waals surface area contributed by atoms with Gasteiger partial charge in [0.1, 0.15) is 5.82 Å². The van der Waals surface area contributed by atoms with Gasteiger partial charge in [0.05, 0.1) is 4.47 Å². The number of rotatable bonds is 3. The summed E-state index contributed by atoms with van der Waals surface area (Å²) in [4.78, 5) is 4.33. The highest BCUT2D eigenvalue weighted by Crippen LogP contribution is 2.30. The Morgan fingerprint density at radius 2 is 2.33 bits per heavy atom.